The minimum absolute atomic E-state index is 0.232. The SMILES string of the molecule is COC(=O)C1=C(C)NC(C)=C(C(=O)OC)C1c1ccc(OCC(=O)O)cc1OC. The number of hydrogen-bond acceptors (Lipinski definition) is 8. The largest absolute Gasteiger partial charge is 0.496 e. The van der Waals surface area contributed by atoms with E-state index in [1.165, 1.54) is 33.5 Å². The number of carbonyl (C=O) groups is 3. The van der Waals surface area contributed by atoms with E-state index in [0.717, 1.165) is 0 Å². The molecule has 0 saturated carbocycles. The van der Waals surface area contributed by atoms with Crippen LogP contribution in [0.3, 0.4) is 0 Å². The summed E-state index contributed by atoms with van der Waals surface area (Å²) >= 11 is 0. The zero-order chi connectivity index (χ0) is 21.7. The second-order valence-corrected chi connectivity index (χ2v) is 6.20. The Morgan fingerprint density at radius 2 is 1.55 bits per heavy atom. The molecule has 0 unspecified atom stereocenters. The molecule has 9 nitrogen and oxygen atoms in total. The van der Waals surface area contributed by atoms with Crippen molar-refractivity contribution in [3.05, 3.63) is 46.3 Å². The molecule has 0 radical (unpaired) electrons. The second kappa shape index (κ2) is 9.13. The maximum Gasteiger partial charge on any atom is 0.341 e. The molecule has 29 heavy (non-hydrogen) atoms. The van der Waals surface area contributed by atoms with E-state index in [1.54, 1.807) is 19.9 Å². The van der Waals surface area contributed by atoms with E-state index in [4.69, 9.17) is 24.1 Å². The molecule has 0 bridgehead atoms. The van der Waals surface area contributed by atoms with Crippen LogP contribution in [0.2, 0.25) is 0 Å². The number of esters is 2. The average Bonchev–Trinajstić information content (AvgIpc) is 2.70. The quantitative estimate of drug-likeness (QED) is 0.653. The number of nitrogens with one attached hydrogen (secondary N) is 1. The minimum atomic E-state index is -1.12. The fourth-order valence-electron chi connectivity index (χ4n) is 3.23. The van der Waals surface area contributed by atoms with Crippen LogP contribution in [0.5, 0.6) is 11.5 Å². The lowest BCUT2D eigenvalue weighted by molar-refractivity contribution is -0.139. The number of carboxylic acid groups (broad SMARTS) is 1. The molecular weight excluding hydrogens is 382 g/mol. The maximum atomic E-state index is 12.5. The third-order valence-corrected chi connectivity index (χ3v) is 4.45. The third kappa shape index (κ3) is 4.50. The summed E-state index contributed by atoms with van der Waals surface area (Å²) in [6.45, 7) is 2.88. The highest BCUT2D eigenvalue weighted by atomic mass is 16.5. The molecule has 1 aliphatic heterocycles. The lowest BCUT2D eigenvalue weighted by Crippen LogP contribution is -2.32. The molecular formula is C20H23NO8. The van der Waals surface area contributed by atoms with Crippen LogP contribution in [-0.4, -0.2) is 51.0 Å². The van der Waals surface area contributed by atoms with Gasteiger partial charge in [-0.1, -0.05) is 6.07 Å². The van der Waals surface area contributed by atoms with Crippen molar-refractivity contribution in [1.29, 1.82) is 0 Å². The van der Waals surface area contributed by atoms with Crippen LogP contribution in [-0.2, 0) is 23.9 Å². The Labute approximate surface area is 167 Å². The molecule has 0 atom stereocenters. The first-order valence-electron chi connectivity index (χ1n) is 8.62. The average molecular weight is 405 g/mol. The van der Waals surface area contributed by atoms with Crippen LogP contribution >= 0.6 is 0 Å². The van der Waals surface area contributed by atoms with Crippen molar-refractivity contribution in [2.75, 3.05) is 27.9 Å². The van der Waals surface area contributed by atoms with Crippen molar-refractivity contribution in [1.82, 2.24) is 5.32 Å². The predicted molar refractivity (Wildman–Crippen MR) is 101 cm³/mol. The summed E-state index contributed by atoms with van der Waals surface area (Å²) in [6, 6.07) is 4.64. The van der Waals surface area contributed by atoms with Crippen LogP contribution in [0.15, 0.2) is 40.7 Å². The van der Waals surface area contributed by atoms with E-state index < -0.39 is 30.4 Å². The van der Waals surface area contributed by atoms with Crippen LogP contribution in [0.1, 0.15) is 25.3 Å². The van der Waals surface area contributed by atoms with Gasteiger partial charge in [-0.15, -0.1) is 0 Å². The highest BCUT2D eigenvalue weighted by Crippen LogP contribution is 2.43. The summed E-state index contributed by atoms with van der Waals surface area (Å²) in [5, 5.41) is 11.8. The number of allylic oxidation sites excluding steroid dienone is 2. The van der Waals surface area contributed by atoms with E-state index >= 15 is 0 Å². The summed E-state index contributed by atoms with van der Waals surface area (Å²) in [6.07, 6.45) is 0. The molecule has 1 aromatic carbocycles. The highest BCUT2D eigenvalue weighted by molar-refractivity contribution is 6.00. The van der Waals surface area contributed by atoms with E-state index in [9.17, 15) is 14.4 Å². The number of carbonyl (C=O) groups excluding carboxylic acids is 2. The molecule has 156 valence electrons. The summed E-state index contributed by atoms with van der Waals surface area (Å²) in [7, 11) is 3.93. The Morgan fingerprint density at radius 1 is 1.00 bits per heavy atom. The van der Waals surface area contributed by atoms with Gasteiger partial charge >= 0.3 is 17.9 Å². The summed E-state index contributed by atoms with van der Waals surface area (Å²) in [5.74, 6) is -2.58. The standard InChI is InChI=1S/C20H23NO8/c1-10-16(19(24)27-4)18(17(11(2)21-10)20(25)28-5)13-7-6-12(8-14(13)26-3)29-9-15(22)23/h6-8,18,21H,9H2,1-5H3,(H,22,23). The normalized spacial score (nSPS) is 14.2. The summed E-state index contributed by atoms with van der Waals surface area (Å²) < 4.78 is 20.5. The van der Waals surface area contributed by atoms with Crippen LogP contribution < -0.4 is 14.8 Å². The Balaban J connectivity index is 2.66. The van der Waals surface area contributed by atoms with Crippen molar-refractivity contribution in [3.63, 3.8) is 0 Å². The lowest BCUT2D eigenvalue weighted by Gasteiger charge is -2.30. The molecule has 0 spiro atoms. The first kappa shape index (κ1) is 21.8. The smallest absolute Gasteiger partial charge is 0.341 e. The Hall–Kier alpha value is -3.49. The van der Waals surface area contributed by atoms with Gasteiger partial charge in [0.1, 0.15) is 11.5 Å². The van der Waals surface area contributed by atoms with E-state index in [1.807, 2.05) is 0 Å². The first-order valence-corrected chi connectivity index (χ1v) is 8.62. The van der Waals surface area contributed by atoms with Gasteiger partial charge in [0.05, 0.1) is 38.4 Å². The Bertz CT molecular complexity index is 862. The molecule has 1 aromatic rings. The van der Waals surface area contributed by atoms with Gasteiger partial charge in [-0.25, -0.2) is 14.4 Å². The van der Waals surface area contributed by atoms with E-state index in [-0.39, 0.29) is 16.9 Å². The number of rotatable bonds is 7. The zero-order valence-corrected chi connectivity index (χ0v) is 16.8. The Kier molecular flexibility index (Phi) is 6.87. The van der Waals surface area contributed by atoms with Crippen molar-refractivity contribution in [3.8, 4) is 11.5 Å². The zero-order valence-electron chi connectivity index (χ0n) is 16.8. The second-order valence-electron chi connectivity index (χ2n) is 6.20. The maximum absolute atomic E-state index is 12.5. The monoisotopic (exact) mass is 405 g/mol. The molecule has 1 aliphatic rings. The first-order chi connectivity index (χ1) is 13.7. The number of dihydropyridines is 1. The van der Waals surface area contributed by atoms with Crippen LogP contribution in [0.4, 0.5) is 0 Å². The third-order valence-electron chi connectivity index (χ3n) is 4.45. The summed E-state index contributed by atoms with van der Waals surface area (Å²) in [4.78, 5) is 35.8. The summed E-state index contributed by atoms with van der Waals surface area (Å²) in [5.41, 5.74) is 2.02. The van der Waals surface area contributed by atoms with Gasteiger partial charge in [0.25, 0.3) is 0 Å². The molecule has 9 heteroatoms. The molecule has 2 N–H and O–H groups in total. The molecule has 0 fully saturated rings. The van der Waals surface area contributed by atoms with Gasteiger partial charge in [-0.3, -0.25) is 0 Å². The minimum Gasteiger partial charge on any atom is -0.496 e. The van der Waals surface area contributed by atoms with Crippen molar-refractivity contribution >= 4 is 17.9 Å². The Morgan fingerprint density at radius 3 is 2.00 bits per heavy atom. The van der Waals surface area contributed by atoms with Crippen LogP contribution in [0.25, 0.3) is 0 Å². The lowest BCUT2D eigenvalue weighted by atomic mass is 9.80. The molecule has 1 heterocycles. The van der Waals surface area contributed by atoms with Gasteiger partial charge in [0.15, 0.2) is 6.61 Å². The fraction of sp³-hybridized carbons (Fsp3) is 0.350. The van der Waals surface area contributed by atoms with Gasteiger partial charge in [0, 0.05) is 23.0 Å². The number of carboxylic acids is 1. The van der Waals surface area contributed by atoms with Crippen molar-refractivity contribution in [2.24, 2.45) is 0 Å². The van der Waals surface area contributed by atoms with E-state index in [0.29, 0.717) is 22.7 Å². The van der Waals surface area contributed by atoms with Crippen molar-refractivity contribution < 1.29 is 38.4 Å². The number of hydrogen-bond donors (Lipinski definition) is 2. The molecule has 0 amide bonds. The highest BCUT2D eigenvalue weighted by Gasteiger charge is 2.39. The number of benzene rings is 1. The van der Waals surface area contributed by atoms with Gasteiger partial charge in [-0.05, 0) is 19.9 Å². The van der Waals surface area contributed by atoms with Crippen LogP contribution in [0, 0.1) is 0 Å². The van der Waals surface area contributed by atoms with E-state index in [2.05, 4.69) is 5.32 Å². The van der Waals surface area contributed by atoms with Gasteiger partial charge in [-0.2, -0.15) is 0 Å². The topological polar surface area (TPSA) is 120 Å². The molecule has 2 rings (SSSR count). The molecule has 0 aliphatic carbocycles. The molecule has 0 aromatic heterocycles. The predicted octanol–water partition coefficient (Wildman–Crippen LogP) is 1.74. The number of ether oxygens (including phenoxy) is 4. The number of methoxy groups -OCH3 is 3. The fourth-order valence-corrected chi connectivity index (χ4v) is 3.23. The molecule has 0 saturated heterocycles. The van der Waals surface area contributed by atoms with Gasteiger partial charge < -0.3 is 29.4 Å². The number of aliphatic carboxylic acids is 1. The van der Waals surface area contributed by atoms with Crippen molar-refractivity contribution in [2.45, 2.75) is 19.8 Å². The van der Waals surface area contributed by atoms with Gasteiger partial charge in [0.2, 0.25) is 0 Å².